The average Bonchev–Trinajstić information content (AvgIpc) is 3.23. The normalized spacial score (nSPS) is 15.9. The zero-order valence-corrected chi connectivity index (χ0v) is 17.7. The van der Waals surface area contributed by atoms with Crippen LogP contribution in [0.3, 0.4) is 0 Å². The van der Waals surface area contributed by atoms with E-state index >= 15 is 4.39 Å². The summed E-state index contributed by atoms with van der Waals surface area (Å²) in [6.07, 6.45) is 2.17. The van der Waals surface area contributed by atoms with Crippen LogP contribution in [0, 0.1) is 11.6 Å². The second kappa shape index (κ2) is 9.98. The van der Waals surface area contributed by atoms with E-state index in [0.29, 0.717) is 30.7 Å². The number of rotatable bonds is 8. The van der Waals surface area contributed by atoms with Gasteiger partial charge in [0.1, 0.15) is 11.6 Å². The van der Waals surface area contributed by atoms with E-state index in [-0.39, 0.29) is 23.2 Å². The molecule has 0 saturated carbocycles. The fraction of sp³-hybridized carbons (Fsp3) is 0.450. The van der Waals surface area contributed by atoms with Gasteiger partial charge in [-0.15, -0.1) is 0 Å². The fourth-order valence-electron chi connectivity index (χ4n) is 3.63. The van der Waals surface area contributed by atoms with Crippen molar-refractivity contribution in [2.45, 2.75) is 25.4 Å². The van der Waals surface area contributed by atoms with Gasteiger partial charge in [-0.25, -0.2) is 18.7 Å². The lowest BCUT2D eigenvalue weighted by molar-refractivity contribution is 0.0626. The Bertz CT molecular complexity index is 978. The second-order valence-corrected chi connectivity index (χ2v) is 7.02. The van der Waals surface area contributed by atoms with Gasteiger partial charge in [0, 0.05) is 26.8 Å². The standard InChI is InChI=1S/C20H23F4N5O3/c1-25-17-14(22)9-26-20(27-17)29(19(23)24)15-8-13(21)12(7-16(15)32-3)18(30)28-6-4-5-11(28)10-31-2/h7-9,11,19H,4-6,10H2,1-3H3,(H,25,26,27)/t11-/m0/s1. The molecule has 3 rings (SSSR count). The molecule has 8 nitrogen and oxygen atoms in total. The molecule has 1 aromatic carbocycles. The Morgan fingerprint density at radius 3 is 2.69 bits per heavy atom. The number of aromatic nitrogens is 2. The smallest absolute Gasteiger partial charge is 0.321 e. The van der Waals surface area contributed by atoms with Crippen molar-refractivity contribution in [2.24, 2.45) is 0 Å². The first kappa shape index (κ1) is 23.5. The third-order valence-corrected chi connectivity index (χ3v) is 5.13. The van der Waals surface area contributed by atoms with Gasteiger partial charge < -0.3 is 19.7 Å². The minimum atomic E-state index is -3.22. The predicted octanol–water partition coefficient (Wildman–Crippen LogP) is 3.42. The molecule has 2 aromatic rings. The highest BCUT2D eigenvalue weighted by Crippen LogP contribution is 2.38. The van der Waals surface area contributed by atoms with Gasteiger partial charge in [-0.05, 0) is 18.9 Å². The second-order valence-electron chi connectivity index (χ2n) is 7.02. The highest BCUT2D eigenvalue weighted by Gasteiger charge is 2.33. The minimum Gasteiger partial charge on any atom is -0.495 e. The Morgan fingerprint density at radius 2 is 2.06 bits per heavy atom. The summed E-state index contributed by atoms with van der Waals surface area (Å²) in [5.74, 6) is -3.55. The molecule has 0 bridgehead atoms. The summed E-state index contributed by atoms with van der Waals surface area (Å²) in [7, 11) is 4.07. The molecule has 1 aromatic heterocycles. The molecular weight excluding hydrogens is 434 g/mol. The summed E-state index contributed by atoms with van der Waals surface area (Å²) in [6.45, 7) is -2.49. The summed E-state index contributed by atoms with van der Waals surface area (Å²) >= 11 is 0. The van der Waals surface area contributed by atoms with Crippen molar-refractivity contribution >= 4 is 23.4 Å². The Morgan fingerprint density at radius 1 is 1.31 bits per heavy atom. The van der Waals surface area contributed by atoms with Crippen LogP contribution in [0.2, 0.25) is 0 Å². The van der Waals surface area contributed by atoms with Crippen LogP contribution in [0.25, 0.3) is 0 Å². The minimum absolute atomic E-state index is 0.198. The Hall–Kier alpha value is -3.15. The number of alkyl halides is 2. The van der Waals surface area contributed by atoms with Crippen molar-refractivity contribution < 1.29 is 31.8 Å². The molecule has 1 N–H and O–H groups in total. The topological polar surface area (TPSA) is 79.8 Å². The molecule has 0 aliphatic carbocycles. The molecule has 1 aliphatic heterocycles. The maximum absolute atomic E-state index is 15.0. The molecule has 174 valence electrons. The molecule has 1 aliphatic rings. The largest absolute Gasteiger partial charge is 0.495 e. The van der Waals surface area contributed by atoms with Crippen LogP contribution in [0.4, 0.5) is 35.0 Å². The predicted molar refractivity (Wildman–Crippen MR) is 109 cm³/mol. The third kappa shape index (κ3) is 4.54. The van der Waals surface area contributed by atoms with Gasteiger partial charge in [-0.3, -0.25) is 4.79 Å². The first-order valence-electron chi connectivity index (χ1n) is 9.77. The van der Waals surface area contributed by atoms with E-state index in [9.17, 15) is 18.0 Å². The van der Waals surface area contributed by atoms with Gasteiger partial charge in [0.15, 0.2) is 11.6 Å². The van der Waals surface area contributed by atoms with E-state index in [1.54, 1.807) is 0 Å². The molecule has 2 heterocycles. The zero-order valence-electron chi connectivity index (χ0n) is 17.7. The molecule has 0 unspecified atom stereocenters. The molecule has 0 radical (unpaired) electrons. The highest BCUT2D eigenvalue weighted by molar-refractivity contribution is 5.96. The molecule has 1 fully saturated rings. The summed E-state index contributed by atoms with van der Waals surface area (Å²) in [6, 6.07) is 1.61. The molecule has 12 heteroatoms. The van der Waals surface area contributed by atoms with Gasteiger partial charge in [-0.2, -0.15) is 13.8 Å². The summed E-state index contributed by atoms with van der Waals surface area (Å²) in [5.41, 5.74) is -0.737. The lowest BCUT2D eigenvalue weighted by Crippen LogP contribution is -2.38. The van der Waals surface area contributed by atoms with Gasteiger partial charge in [0.25, 0.3) is 5.91 Å². The molecule has 32 heavy (non-hydrogen) atoms. The number of likely N-dealkylation sites (tertiary alicyclic amines) is 1. The van der Waals surface area contributed by atoms with Crippen molar-refractivity contribution in [1.29, 1.82) is 0 Å². The first-order valence-corrected chi connectivity index (χ1v) is 9.77. The number of nitrogens with one attached hydrogen (secondary N) is 1. The Kier molecular flexibility index (Phi) is 7.33. The van der Waals surface area contributed by atoms with Crippen LogP contribution < -0.4 is 15.0 Å². The number of halogens is 4. The van der Waals surface area contributed by atoms with Crippen molar-refractivity contribution in [3.05, 3.63) is 35.5 Å². The number of hydrogen-bond acceptors (Lipinski definition) is 7. The maximum Gasteiger partial charge on any atom is 0.321 e. The number of carbonyl (C=O) groups is 1. The number of ether oxygens (including phenoxy) is 2. The Labute approximate surface area is 182 Å². The van der Waals surface area contributed by atoms with E-state index in [1.165, 1.54) is 26.2 Å². The molecule has 0 spiro atoms. The third-order valence-electron chi connectivity index (χ3n) is 5.13. The number of anilines is 3. The fourth-order valence-corrected chi connectivity index (χ4v) is 3.63. The SMILES string of the molecule is CNc1nc(N(c2cc(F)c(C(=O)N3CCC[C@H]3COC)cc2OC)C(F)F)ncc1F. The number of methoxy groups -OCH3 is 2. The van der Waals surface area contributed by atoms with Crippen molar-refractivity contribution in [1.82, 2.24) is 14.9 Å². The molecule has 1 saturated heterocycles. The van der Waals surface area contributed by atoms with E-state index in [4.69, 9.17) is 9.47 Å². The van der Waals surface area contributed by atoms with Crippen LogP contribution >= 0.6 is 0 Å². The molecular formula is C20H23F4N5O3. The van der Waals surface area contributed by atoms with Crippen LogP contribution in [0.5, 0.6) is 5.75 Å². The first-order chi connectivity index (χ1) is 15.3. The van der Waals surface area contributed by atoms with Gasteiger partial charge in [0.05, 0.1) is 37.2 Å². The maximum atomic E-state index is 15.0. The monoisotopic (exact) mass is 457 g/mol. The summed E-state index contributed by atoms with van der Waals surface area (Å²) in [5, 5.41) is 2.43. The van der Waals surface area contributed by atoms with Crippen molar-refractivity contribution in [3.63, 3.8) is 0 Å². The molecule has 1 amide bonds. The quantitative estimate of drug-likeness (QED) is 0.481. The van der Waals surface area contributed by atoms with Crippen LogP contribution in [-0.2, 0) is 4.74 Å². The number of amides is 1. The number of hydrogen-bond donors (Lipinski definition) is 1. The van der Waals surface area contributed by atoms with Gasteiger partial charge in [-0.1, -0.05) is 0 Å². The number of nitrogens with zero attached hydrogens (tertiary/aromatic N) is 4. The number of benzene rings is 1. The van der Waals surface area contributed by atoms with E-state index in [2.05, 4.69) is 15.3 Å². The lowest BCUT2D eigenvalue weighted by atomic mass is 10.1. The van der Waals surface area contributed by atoms with Crippen molar-refractivity contribution in [2.75, 3.05) is 44.6 Å². The lowest BCUT2D eigenvalue weighted by Gasteiger charge is -2.26. The van der Waals surface area contributed by atoms with Crippen LogP contribution in [0.1, 0.15) is 23.2 Å². The van der Waals surface area contributed by atoms with Crippen molar-refractivity contribution in [3.8, 4) is 5.75 Å². The zero-order chi connectivity index (χ0) is 23.4. The Balaban J connectivity index is 2.03. The van der Waals surface area contributed by atoms with Gasteiger partial charge >= 0.3 is 6.55 Å². The van der Waals surface area contributed by atoms with E-state index in [1.807, 2.05) is 0 Å². The van der Waals surface area contributed by atoms with E-state index in [0.717, 1.165) is 18.6 Å². The van der Waals surface area contributed by atoms with Crippen LogP contribution in [-0.4, -0.2) is 67.8 Å². The number of carbonyl (C=O) groups excluding carboxylic acids is 1. The van der Waals surface area contributed by atoms with E-state index < -0.39 is 35.7 Å². The highest BCUT2D eigenvalue weighted by atomic mass is 19.3. The van der Waals surface area contributed by atoms with Crippen LogP contribution in [0.15, 0.2) is 18.3 Å². The summed E-state index contributed by atoms with van der Waals surface area (Å²) < 4.78 is 66.9. The summed E-state index contributed by atoms with van der Waals surface area (Å²) in [4.78, 5) is 22.1. The molecule has 1 atom stereocenters. The van der Waals surface area contributed by atoms with Gasteiger partial charge in [0.2, 0.25) is 5.95 Å². The average molecular weight is 457 g/mol.